The highest BCUT2D eigenvalue weighted by Crippen LogP contribution is 2.35. The Balaban J connectivity index is 1.48. The van der Waals surface area contributed by atoms with E-state index < -0.39 is 0 Å². The lowest BCUT2D eigenvalue weighted by Gasteiger charge is -2.13. The Hall–Kier alpha value is -3.36. The number of halogens is 1. The van der Waals surface area contributed by atoms with Crippen molar-refractivity contribution < 1.29 is 19.1 Å². The number of hydrogen-bond donors (Lipinski definition) is 1. The van der Waals surface area contributed by atoms with Crippen molar-refractivity contribution in [3.8, 4) is 5.75 Å². The highest BCUT2D eigenvalue weighted by Gasteiger charge is 2.35. The Labute approximate surface area is 216 Å². The van der Waals surface area contributed by atoms with Gasteiger partial charge in [0.05, 0.1) is 11.4 Å². The molecule has 1 heterocycles. The van der Waals surface area contributed by atoms with Gasteiger partial charge in [0.25, 0.3) is 17.1 Å². The standard InChI is InChI=1S/C27H23BrN2O4S/c1-17-8-9-18(2)22(12-17)29-25(31)16-34-23-11-10-21(28)13-20(23)14-24-26(32)30(27(33)35-24)15-19-6-4-3-5-7-19/h3-14H,15-16H2,1-2H3,(H,29,31)/b24-14-. The van der Waals surface area contributed by atoms with Crippen molar-refractivity contribution in [2.45, 2.75) is 20.4 Å². The molecule has 3 aromatic rings. The monoisotopic (exact) mass is 550 g/mol. The van der Waals surface area contributed by atoms with Crippen LogP contribution in [0.5, 0.6) is 5.75 Å². The molecule has 178 valence electrons. The number of carbonyl (C=O) groups is 3. The van der Waals surface area contributed by atoms with Gasteiger partial charge in [-0.15, -0.1) is 0 Å². The predicted molar refractivity (Wildman–Crippen MR) is 142 cm³/mol. The maximum atomic E-state index is 12.9. The number of imide groups is 1. The fourth-order valence-corrected chi connectivity index (χ4v) is 4.72. The SMILES string of the molecule is Cc1ccc(C)c(NC(=O)COc2ccc(Br)cc2/C=C2\SC(=O)N(Cc3ccccc3)C2=O)c1. The molecule has 0 radical (unpaired) electrons. The molecule has 1 saturated heterocycles. The quantitative estimate of drug-likeness (QED) is 0.348. The molecule has 0 aliphatic carbocycles. The van der Waals surface area contributed by atoms with Gasteiger partial charge in [0, 0.05) is 15.7 Å². The Bertz CT molecular complexity index is 1320. The maximum Gasteiger partial charge on any atom is 0.293 e. The average Bonchev–Trinajstić information content (AvgIpc) is 3.09. The van der Waals surface area contributed by atoms with Crippen molar-refractivity contribution in [2.75, 3.05) is 11.9 Å². The summed E-state index contributed by atoms with van der Waals surface area (Å²) in [6.07, 6.45) is 1.62. The van der Waals surface area contributed by atoms with Crippen molar-refractivity contribution in [2.24, 2.45) is 0 Å². The smallest absolute Gasteiger partial charge is 0.293 e. The fourth-order valence-electron chi connectivity index (χ4n) is 3.51. The zero-order chi connectivity index (χ0) is 24.9. The van der Waals surface area contributed by atoms with Gasteiger partial charge in [0.1, 0.15) is 5.75 Å². The van der Waals surface area contributed by atoms with E-state index in [0.717, 1.165) is 38.6 Å². The van der Waals surface area contributed by atoms with E-state index in [4.69, 9.17) is 4.74 Å². The first-order chi connectivity index (χ1) is 16.8. The number of nitrogens with zero attached hydrogens (tertiary/aromatic N) is 1. The lowest BCUT2D eigenvalue weighted by Crippen LogP contribution is -2.27. The Kier molecular flexibility index (Phi) is 7.73. The minimum absolute atomic E-state index is 0.203. The highest BCUT2D eigenvalue weighted by molar-refractivity contribution is 9.10. The molecule has 6 nitrogen and oxygen atoms in total. The van der Waals surface area contributed by atoms with Gasteiger partial charge in [-0.05, 0) is 72.6 Å². The zero-order valence-corrected chi connectivity index (χ0v) is 21.6. The molecule has 1 aliphatic heterocycles. The minimum atomic E-state index is -0.359. The van der Waals surface area contributed by atoms with Crippen LogP contribution in [0.25, 0.3) is 6.08 Å². The number of ether oxygens (including phenoxy) is 1. The first-order valence-electron chi connectivity index (χ1n) is 10.9. The first-order valence-corrected chi connectivity index (χ1v) is 12.5. The number of hydrogen-bond acceptors (Lipinski definition) is 5. The summed E-state index contributed by atoms with van der Waals surface area (Å²) in [7, 11) is 0. The minimum Gasteiger partial charge on any atom is -0.483 e. The Morgan fingerprint density at radius 3 is 2.60 bits per heavy atom. The molecule has 0 spiro atoms. The van der Waals surface area contributed by atoms with Gasteiger partial charge in [-0.2, -0.15) is 0 Å². The van der Waals surface area contributed by atoms with Gasteiger partial charge in [0.15, 0.2) is 6.61 Å². The number of rotatable bonds is 7. The van der Waals surface area contributed by atoms with Crippen LogP contribution in [0.3, 0.4) is 0 Å². The molecule has 0 saturated carbocycles. The molecule has 35 heavy (non-hydrogen) atoms. The summed E-state index contributed by atoms with van der Waals surface area (Å²) in [5.74, 6) is -0.225. The molecular weight excluding hydrogens is 528 g/mol. The summed E-state index contributed by atoms with van der Waals surface area (Å²) >= 11 is 4.32. The molecule has 0 atom stereocenters. The molecule has 3 aromatic carbocycles. The van der Waals surface area contributed by atoms with Gasteiger partial charge in [-0.25, -0.2) is 0 Å². The fraction of sp³-hybridized carbons (Fsp3) is 0.148. The number of benzene rings is 3. The Morgan fingerprint density at radius 2 is 1.83 bits per heavy atom. The maximum absolute atomic E-state index is 12.9. The molecule has 3 amide bonds. The molecular formula is C27H23BrN2O4S. The van der Waals surface area contributed by atoms with E-state index in [2.05, 4.69) is 21.2 Å². The lowest BCUT2D eigenvalue weighted by atomic mass is 10.1. The molecule has 0 unspecified atom stereocenters. The normalized spacial score (nSPS) is 14.5. The van der Waals surface area contributed by atoms with Gasteiger partial charge in [0.2, 0.25) is 0 Å². The van der Waals surface area contributed by atoms with Crippen LogP contribution in [0, 0.1) is 13.8 Å². The predicted octanol–water partition coefficient (Wildman–Crippen LogP) is 6.32. The Morgan fingerprint density at radius 1 is 1.06 bits per heavy atom. The van der Waals surface area contributed by atoms with Crippen LogP contribution in [0.15, 0.2) is 76.1 Å². The van der Waals surface area contributed by atoms with E-state index in [-0.39, 0.29) is 30.2 Å². The second kappa shape index (κ2) is 10.9. The van der Waals surface area contributed by atoms with Gasteiger partial charge in [-0.3, -0.25) is 19.3 Å². The van der Waals surface area contributed by atoms with Crippen LogP contribution in [0.4, 0.5) is 10.5 Å². The van der Waals surface area contributed by atoms with E-state index in [9.17, 15) is 14.4 Å². The number of nitrogens with one attached hydrogen (secondary N) is 1. The summed E-state index contributed by atoms with van der Waals surface area (Å²) in [6.45, 7) is 3.89. The first kappa shape index (κ1) is 24.8. The number of carbonyl (C=O) groups excluding carboxylic acids is 3. The third-order valence-corrected chi connectivity index (χ3v) is 6.74. The van der Waals surface area contributed by atoms with Crippen molar-refractivity contribution in [3.63, 3.8) is 0 Å². The molecule has 0 bridgehead atoms. The summed E-state index contributed by atoms with van der Waals surface area (Å²) in [4.78, 5) is 39.5. The number of amides is 3. The average molecular weight is 551 g/mol. The lowest BCUT2D eigenvalue weighted by molar-refractivity contribution is -0.123. The van der Waals surface area contributed by atoms with Gasteiger partial charge < -0.3 is 10.1 Å². The summed E-state index contributed by atoms with van der Waals surface area (Å²) in [5.41, 5.74) is 4.20. The molecule has 1 aliphatic rings. The van der Waals surface area contributed by atoms with Crippen LogP contribution in [0.1, 0.15) is 22.3 Å². The van der Waals surface area contributed by atoms with Gasteiger partial charge >= 0.3 is 0 Å². The van der Waals surface area contributed by atoms with Crippen LogP contribution >= 0.6 is 27.7 Å². The van der Waals surface area contributed by atoms with E-state index >= 15 is 0 Å². The largest absolute Gasteiger partial charge is 0.483 e. The second-order valence-corrected chi connectivity index (χ2v) is 10.00. The highest BCUT2D eigenvalue weighted by atomic mass is 79.9. The van der Waals surface area contributed by atoms with Crippen LogP contribution in [0.2, 0.25) is 0 Å². The third-order valence-electron chi connectivity index (χ3n) is 5.34. The zero-order valence-electron chi connectivity index (χ0n) is 19.2. The molecule has 1 N–H and O–H groups in total. The van der Waals surface area contributed by atoms with Crippen molar-refractivity contribution in [3.05, 3.63) is 98.4 Å². The number of thioether (sulfide) groups is 1. The summed E-state index contributed by atoms with van der Waals surface area (Å²) in [6, 6.07) is 20.5. The van der Waals surface area contributed by atoms with Crippen molar-refractivity contribution in [1.82, 2.24) is 4.90 Å². The van der Waals surface area contributed by atoms with Crippen molar-refractivity contribution >= 4 is 56.5 Å². The molecule has 0 aromatic heterocycles. The van der Waals surface area contributed by atoms with E-state index in [1.165, 1.54) is 4.90 Å². The van der Waals surface area contributed by atoms with E-state index in [0.29, 0.717) is 16.2 Å². The summed E-state index contributed by atoms with van der Waals surface area (Å²) < 4.78 is 6.57. The van der Waals surface area contributed by atoms with Crippen LogP contribution in [-0.2, 0) is 16.1 Å². The van der Waals surface area contributed by atoms with Crippen molar-refractivity contribution in [1.29, 1.82) is 0 Å². The van der Waals surface area contributed by atoms with E-state index in [1.807, 2.05) is 62.4 Å². The molecule has 8 heteroatoms. The second-order valence-electron chi connectivity index (χ2n) is 8.09. The number of anilines is 1. The van der Waals surface area contributed by atoms with E-state index in [1.54, 1.807) is 24.3 Å². The molecule has 4 rings (SSSR count). The third kappa shape index (κ3) is 6.21. The topological polar surface area (TPSA) is 75.7 Å². The number of aryl methyl sites for hydroxylation is 2. The van der Waals surface area contributed by atoms with Crippen LogP contribution < -0.4 is 10.1 Å². The van der Waals surface area contributed by atoms with Gasteiger partial charge in [-0.1, -0.05) is 58.4 Å². The van der Waals surface area contributed by atoms with Crippen LogP contribution in [-0.4, -0.2) is 28.6 Å². The molecule has 1 fully saturated rings. The summed E-state index contributed by atoms with van der Waals surface area (Å²) in [5, 5.41) is 2.55.